The Morgan fingerprint density at radius 1 is 1.18 bits per heavy atom. The molecule has 4 N–H and O–H groups in total. The lowest BCUT2D eigenvalue weighted by molar-refractivity contribution is 0.344. The third-order valence-electron chi connectivity index (χ3n) is 5.34. The molecule has 2 aromatic carbocycles. The summed E-state index contributed by atoms with van der Waals surface area (Å²) in [4.78, 5) is 8.77. The molecule has 3 heterocycles. The van der Waals surface area contributed by atoms with Crippen LogP contribution in [0.2, 0.25) is 5.02 Å². The van der Waals surface area contributed by atoms with Crippen LogP contribution in [0.3, 0.4) is 0 Å². The average molecular weight is 486 g/mol. The van der Waals surface area contributed by atoms with E-state index in [0.29, 0.717) is 45.2 Å². The molecular weight excluding hydrogens is 468 g/mol. The largest absolute Gasteiger partial charge is 0.487 e. The van der Waals surface area contributed by atoms with Crippen LogP contribution in [0.1, 0.15) is 11.6 Å². The number of rotatable bonds is 4. The molecule has 0 radical (unpaired) electrons. The highest BCUT2D eigenvalue weighted by atomic mass is 35.5. The van der Waals surface area contributed by atoms with Crippen molar-refractivity contribution in [1.29, 1.82) is 0 Å². The number of nitrogens with two attached hydrogens (primary N) is 2. The summed E-state index contributed by atoms with van der Waals surface area (Å²) in [7, 11) is 0. The summed E-state index contributed by atoms with van der Waals surface area (Å²) in [6.45, 7) is 1.55. The second kappa shape index (κ2) is 8.43. The van der Waals surface area contributed by atoms with E-state index in [2.05, 4.69) is 15.1 Å². The predicted octanol–water partition coefficient (Wildman–Crippen LogP) is 3.65. The van der Waals surface area contributed by atoms with E-state index in [-0.39, 0.29) is 24.5 Å². The van der Waals surface area contributed by atoms with Crippen molar-refractivity contribution in [2.75, 3.05) is 11.6 Å². The van der Waals surface area contributed by atoms with E-state index in [0.717, 1.165) is 12.1 Å². The Balaban J connectivity index is 1.58. The molecule has 0 fully saturated rings. The number of aromatic nitrogens is 4. The zero-order chi connectivity index (χ0) is 24.0. The number of hydrogen-bond acceptors (Lipinski definition) is 8. The number of halogens is 3. The number of hydrogen-bond donors (Lipinski definition) is 2. The van der Waals surface area contributed by atoms with Gasteiger partial charge < -0.3 is 15.0 Å². The van der Waals surface area contributed by atoms with Crippen LogP contribution in [0.15, 0.2) is 58.6 Å². The predicted molar refractivity (Wildman–Crippen MR) is 120 cm³/mol. The Hall–Kier alpha value is -3.96. The van der Waals surface area contributed by atoms with Gasteiger partial charge in [0.1, 0.15) is 24.4 Å². The number of anilines is 1. The van der Waals surface area contributed by atoms with Gasteiger partial charge in [-0.3, -0.25) is 9.58 Å². The van der Waals surface area contributed by atoms with E-state index in [1.54, 1.807) is 25.4 Å². The van der Waals surface area contributed by atoms with Crippen molar-refractivity contribution in [3.05, 3.63) is 82.4 Å². The summed E-state index contributed by atoms with van der Waals surface area (Å²) in [6, 6.07) is 8.48. The van der Waals surface area contributed by atoms with Crippen LogP contribution in [0.25, 0.3) is 17.2 Å². The van der Waals surface area contributed by atoms with Gasteiger partial charge >= 0.3 is 0 Å². The number of ether oxygens (including phenoxy) is 1. The topological polar surface area (TPSA) is 121 Å². The summed E-state index contributed by atoms with van der Waals surface area (Å²) in [5.74, 6) is 5.34. The Kier molecular flexibility index (Phi) is 5.42. The van der Waals surface area contributed by atoms with Crippen molar-refractivity contribution in [3.63, 3.8) is 0 Å². The van der Waals surface area contributed by atoms with Crippen LogP contribution in [0.4, 0.5) is 14.5 Å². The summed E-state index contributed by atoms with van der Waals surface area (Å²) in [5, 5.41) is 5.88. The molecule has 1 aliphatic heterocycles. The summed E-state index contributed by atoms with van der Waals surface area (Å²) >= 11 is 6.24. The van der Waals surface area contributed by atoms with Gasteiger partial charge in [0.2, 0.25) is 11.7 Å². The molecule has 0 atom stereocenters. The molecule has 174 valence electrons. The normalized spacial score (nSPS) is 14.4. The quantitative estimate of drug-likeness (QED) is 0.420. The molecule has 0 aliphatic carbocycles. The number of benzene rings is 2. The number of aryl methyl sites for hydroxylation is 1. The van der Waals surface area contributed by atoms with E-state index in [1.165, 1.54) is 11.1 Å². The Labute approximate surface area is 197 Å². The van der Waals surface area contributed by atoms with Crippen molar-refractivity contribution in [2.24, 2.45) is 11.6 Å². The maximum Gasteiger partial charge on any atom is 0.223 e. The van der Waals surface area contributed by atoms with E-state index < -0.39 is 11.6 Å². The molecule has 0 unspecified atom stereocenters. The smallest absolute Gasteiger partial charge is 0.223 e. The van der Waals surface area contributed by atoms with Gasteiger partial charge in [-0.2, -0.15) is 4.98 Å². The molecule has 0 saturated heterocycles. The third kappa shape index (κ3) is 3.84. The van der Waals surface area contributed by atoms with Gasteiger partial charge in [-0.15, -0.1) is 0 Å². The van der Waals surface area contributed by atoms with E-state index in [9.17, 15) is 8.78 Å². The molecule has 0 spiro atoms. The van der Waals surface area contributed by atoms with Crippen molar-refractivity contribution < 1.29 is 18.0 Å². The van der Waals surface area contributed by atoms with E-state index in [1.807, 2.05) is 10.6 Å². The molecular formula is C22H18ClF2N7O2. The maximum atomic E-state index is 13.5. The van der Waals surface area contributed by atoms with Gasteiger partial charge in [-0.1, -0.05) is 16.8 Å². The highest BCUT2D eigenvalue weighted by Gasteiger charge is 2.28. The van der Waals surface area contributed by atoms with Gasteiger partial charge in [0.05, 0.1) is 28.5 Å². The fourth-order valence-electron chi connectivity index (χ4n) is 3.69. The lowest BCUT2D eigenvalue weighted by atomic mass is 10.1. The molecule has 5 rings (SSSR count). The second-order valence-corrected chi connectivity index (χ2v) is 8.00. The molecule has 0 bridgehead atoms. The van der Waals surface area contributed by atoms with Crippen LogP contribution in [0.5, 0.6) is 5.75 Å². The summed E-state index contributed by atoms with van der Waals surface area (Å²) in [6.07, 6.45) is 1.87. The first kappa shape index (κ1) is 21.9. The first-order valence-corrected chi connectivity index (χ1v) is 10.5. The molecule has 1 aliphatic rings. The SMILES string of the molecule is Cc1nc(-c2ncn3c2C/C(=C(/N)COc2ccc(F)c(F)c2)N(N)c2cc(Cl)ccc2-3)no1. The van der Waals surface area contributed by atoms with Crippen LogP contribution in [-0.2, 0) is 6.42 Å². The van der Waals surface area contributed by atoms with Gasteiger partial charge in [0.15, 0.2) is 11.6 Å². The molecule has 2 aromatic heterocycles. The highest BCUT2D eigenvalue weighted by Crippen LogP contribution is 2.37. The third-order valence-corrected chi connectivity index (χ3v) is 5.58. The zero-order valence-electron chi connectivity index (χ0n) is 17.8. The minimum absolute atomic E-state index is 0.121. The van der Waals surface area contributed by atoms with Crippen molar-refractivity contribution in [2.45, 2.75) is 13.3 Å². The van der Waals surface area contributed by atoms with Gasteiger partial charge in [-0.05, 0) is 30.3 Å². The van der Waals surface area contributed by atoms with Crippen LogP contribution >= 0.6 is 11.6 Å². The van der Waals surface area contributed by atoms with Gasteiger partial charge in [0, 0.05) is 24.4 Å². The van der Waals surface area contributed by atoms with Crippen LogP contribution < -0.4 is 21.3 Å². The van der Waals surface area contributed by atoms with Crippen LogP contribution in [-0.4, -0.2) is 26.3 Å². The zero-order valence-corrected chi connectivity index (χ0v) is 18.6. The fourth-order valence-corrected chi connectivity index (χ4v) is 3.86. The van der Waals surface area contributed by atoms with Crippen molar-refractivity contribution in [1.82, 2.24) is 19.7 Å². The maximum absolute atomic E-state index is 13.5. The van der Waals surface area contributed by atoms with Crippen molar-refractivity contribution in [3.8, 4) is 23.0 Å². The minimum atomic E-state index is -1.02. The van der Waals surface area contributed by atoms with Crippen LogP contribution in [0, 0.1) is 18.6 Å². The monoisotopic (exact) mass is 485 g/mol. The lowest BCUT2D eigenvalue weighted by Gasteiger charge is -2.23. The summed E-state index contributed by atoms with van der Waals surface area (Å²) < 4.78 is 39.3. The second-order valence-electron chi connectivity index (χ2n) is 7.56. The lowest BCUT2D eigenvalue weighted by Crippen LogP contribution is -2.34. The molecule has 9 nitrogen and oxygen atoms in total. The number of fused-ring (bicyclic) bond motifs is 3. The number of nitrogens with zero attached hydrogens (tertiary/aromatic N) is 5. The first-order valence-electron chi connectivity index (χ1n) is 10.1. The van der Waals surface area contributed by atoms with Gasteiger partial charge in [-0.25, -0.2) is 19.6 Å². The standard InChI is InChI=1S/C22H18ClF2N7O2/c1-11-29-22(30-34-11)21-20-8-18(16(26)9-33-13-3-4-14(24)15(25)7-13)32(27)19-6-12(23)2-5-17(19)31(20)10-28-21/h2-7,10H,8-9,26-27H2,1H3/b18-16-. The summed E-state index contributed by atoms with van der Waals surface area (Å²) in [5.41, 5.74) is 9.65. The molecule has 4 aromatic rings. The van der Waals surface area contributed by atoms with E-state index in [4.69, 9.17) is 32.4 Å². The molecule has 0 amide bonds. The molecule has 34 heavy (non-hydrogen) atoms. The van der Waals surface area contributed by atoms with Crippen molar-refractivity contribution >= 4 is 17.3 Å². The number of allylic oxidation sites excluding steroid dienone is 1. The van der Waals surface area contributed by atoms with Gasteiger partial charge in [0.25, 0.3) is 0 Å². The minimum Gasteiger partial charge on any atom is -0.487 e. The average Bonchev–Trinajstić information content (AvgIpc) is 3.40. The highest BCUT2D eigenvalue weighted by molar-refractivity contribution is 6.31. The number of hydrazine groups is 1. The fraction of sp³-hybridized carbons (Fsp3) is 0.136. The molecule has 12 heteroatoms. The Bertz CT molecular complexity index is 1430. The molecule has 0 saturated carbocycles. The Morgan fingerprint density at radius 3 is 2.74 bits per heavy atom. The number of imidazole rings is 1. The first-order chi connectivity index (χ1) is 16.3. The Morgan fingerprint density at radius 2 is 2.00 bits per heavy atom. The van der Waals surface area contributed by atoms with E-state index >= 15 is 0 Å².